The van der Waals surface area contributed by atoms with Crippen LogP contribution in [0.15, 0.2) is 16.6 Å². The maximum Gasteiger partial charge on any atom is 0.133 e. The quantitative estimate of drug-likeness (QED) is 0.787. The monoisotopic (exact) mass is 343 g/mol. The molecule has 0 saturated carbocycles. The van der Waals surface area contributed by atoms with Gasteiger partial charge in [0.1, 0.15) is 11.5 Å². The van der Waals surface area contributed by atoms with Gasteiger partial charge in [0.05, 0.1) is 18.7 Å². The maximum absolute atomic E-state index is 5.57. The van der Waals surface area contributed by atoms with Gasteiger partial charge in [-0.3, -0.25) is 0 Å². The maximum atomic E-state index is 5.57. The van der Waals surface area contributed by atoms with E-state index in [1.165, 1.54) is 0 Å². The van der Waals surface area contributed by atoms with Gasteiger partial charge in [0, 0.05) is 11.6 Å². The Hall–Kier alpha value is -0.740. The second-order valence-corrected chi connectivity index (χ2v) is 6.42. The van der Waals surface area contributed by atoms with Gasteiger partial charge >= 0.3 is 0 Å². The van der Waals surface area contributed by atoms with Crippen molar-refractivity contribution in [1.82, 2.24) is 5.32 Å². The van der Waals surface area contributed by atoms with Crippen molar-refractivity contribution in [2.75, 3.05) is 20.8 Å². The Morgan fingerprint density at radius 2 is 1.75 bits per heavy atom. The van der Waals surface area contributed by atoms with Crippen LogP contribution >= 0.6 is 15.9 Å². The van der Waals surface area contributed by atoms with E-state index < -0.39 is 0 Å². The Kier molecular flexibility index (Phi) is 6.34. The first-order chi connectivity index (χ1) is 9.41. The lowest BCUT2D eigenvalue weighted by Crippen LogP contribution is -2.34. The number of rotatable bonds is 7. The third kappa shape index (κ3) is 3.67. The zero-order valence-corrected chi connectivity index (χ0v) is 14.9. The van der Waals surface area contributed by atoms with Crippen molar-refractivity contribution in [3.05, 3.63) is 22.2 Å². The molecule has 1 N–H and O–H groups in total. The molecule has 0 aliphatic heterocycles. The zero-order chi connectivity index (χ0) is 15.3. The number of ether oxygens (including phenoxy) is 2. The molecule has 1 aromatic rings. The fourth-order valence-electron chi connectivity index (χ4n) is 2.33. The molecule has 1 unspecified atom stereocenters. The summed E-state index contributed by atoms with van der Waals surface area (Å²) in [6.45, 7) is 9.80. The Balaban J connectivity index is 3.38. The molecule has 0 spiro atoms. The van der Waals surface area contributed by atoms with E-state index in [1.54, 1.807) is 14.2 Å². The predicted molar refractivity (Wildman–Crippen MR) is 87.7 cm³/mol. The van der Waals surface area contributed by atoms with Gasteiger partial charge in [0.25, 0.3) is 0 Å². The molecule has 3 nitrogen and oxygen atoms in total. The summed E-state index contributed by atoms with van der Waals surface area (Å²) in [5.74, 6) is 1.71. The summed E-state index contributed by atoms with van der Waals surface area (Å²) in [7, 11) is 3.39. The van der Waals surface area contributed by atoms with Gasteiger partial charge < -0.3 is 14.8 Å². The lowest BCUT2D eigenvalue weighted by Gasteiger charge is -2.35. The first-order valence-electron chi connectivity index (χ1n) is 7.06. The summed E-state index contributed by atoms with van der Waals surface area (Å²) in [5.41, 5.74) is 1.27. The molecule has 114 valence electrons. The average Bonchev–Trinajstić information content (AvgIpc) is 2.44. The molecule has 4 heteroatoms. The van der Waals surface area contributed by atoms with Crippen LogP contribution in [-0.2, 0) is 0 Å². The number of methoxy groups -OCH3 is 2. The smallest absolute Gasteiger partial charge is 0.133 e. The lowest BCUT2D eigenvalue weighted by atomic mass is 9.78. The highest BCUT2D eigenvalue weighted by Crippen LogP contribution is 2.43. The number of halogens is 1. The van der Waals surface area contributed by atoms with E-state index in [9.17, 15) is 0 Å². The van der Waals surface area contributed by atoms with Crippen molar-refractivity contribution in [2.45, 2.75) is 40.2 Å². The van der Waals surface area contributed by atoms with E-state index in [2.05, 4.69) is 55.0 Å². The molecule has 0 saturated heterocycles. The molecule has 0 heterocycles. The Labute approximate surface area is 131 Å². The largest absolute Gasteiger partial charge is 0.496 e. The van der Waals surface area contributed by atoms with Gasteiger partial charge in [-0.1, -0.05) is 27.7 Å². The van der Waals surface area contributed by atoms with Crippen LogP contribution in [0.4, 0.5) is 0 Å². The Bertz CT molecular complexity index is 446. The van der Waals surface area contributed by atoms with Crippen LogP contribution in [0.3, 0.4) is 0 Å². The first kappa shape index (κ1) is 17.3. The van der Waals surface area contributed by atoms with Crippen LogP contribution in [0, 0.1) is 5.41 Å². The van der Waals surface area contributed by atoms with Crippen LogP contribution in [0.5, 0.6) is 11.5 Å². The van der Waals surface area contributed by atoms with E-state index in [1.807, 2.05) is 6.07 Å². The van der Waals surface area contributed by atoms with Gasteiger partial charge in [-0.15, -0.1) is 0 Å². The molecule has 1 aromatic carbocycles. The molecule has 0 aliphatic rings. The number of nitrogens with one attached hydrogen (secondary N) is 1. The van der Waals surface area contributed by atoms with Crippen molar-refractivity contribution < 1.29 is 9.47 Å². The van der Waals surface area contributed by atoms with Crippen LogP contribution in [-0.4, -0.2) is 20.8 Å². The molecule has 0 bridgehead atoms. The van der Waals surface area contributed by atoms with Crippen molar-refractivity contribution in [3.8, 4) is 11.5 Å². The third-order valence-electron chi connectivity index (χ3n) is 3.92. The van der Waals surface area contributed by atoms with Crippen LogP contribution in [0.1, 0.15) is 45.7 Å². The highest BCUT2D eigenvalue weighted by molar-refractivity contribution is 9.10. The van der Waals surface area contributed by atoms with Crippen molar-refractivity contribution >= 4 is 15.9 Å². The van der Waals surface area contributed by atoms with E-state index in [-0.39, 0.29) is 11.5 Å². The minimum Gasteiger partial charge on any atom is -0.496 e. The second-order valence-electron chi connectivity index (χ2n) is 5.56. The minimum absolute atomic E-state index is 0.127. The molecule has 0 fully saturated rings. The van der Waals surface area contributed by atoms with Gasteiger partial charge in [-0.25, -0.2) is 0 Å². The Morgan fingerprint density at radius 1 is 1.15 bits per heavy atom. The molecule has 0 aromatic heterocycles. The molecular weight excluding hydrogens is 318 g/mol. The van der Waals surface area contributed by atoms with Gasteiger partial charge in [0.2, 0.25) is 0 Å². The van der Waals surface area contributed by atoms with Gasteiger partial charge in [0.15, 0.2) is 0 Å². The number of hydrogen-bond donors (Lipinski definition) is 1. The second kappa shape index (κ2) is 7.32. The predicted octanol–water partition coefficient (Wildman–Crippen LogP) is 4.55. The minimum atomic E-state index is 0.127. The third-order valence-corrected chi connectivity index (χ3v) is 4.54. The highest BCUT2D eigenvalue weighted by atomic mass is 79.9. The van der Waals surface area contributed by atoms with Crippen LogP contribution < -0.4 is 14.8 Å². The van der Waals surface area contributed by atoms with Crippen LogP contribution in [0.25, 0.3) is 0 Å². The molecule has 1 rings (SSSR count). The molecule has 20 heavy (non-hydrogen) atoms. The van der Waals surface area contributed by atoms with Crippen molar-refractivity contribution in [1.29, 1.82) is 0 Å². The topological polar surface area (TPSA) is 30.5 Å². The van der Waals surface area contributed by atoms with Crippen molar-refractivity contribution in [2.24, 2.45) is 5.41 Å². The van der Waals surface area contributed by atoms with Gasteiger partial charge in [-0.05, 0) is 46.4 Å². The van der Waals surface area contributed by atoms with E-state index in [0.717, 1.165) is 34.5 Å². The van der Waals surface area contributed by atoms with Gasteiger partial charge in [-0.2, -0.15) is 0 Å². The summed E-state index contributed by atoms with van der Waals surface area (Å²) >= 11 is 3.51. The molecule has 0 aliphatic carbocycles. The zero-order valence-electron chi connectivity index (χ0n) is 13.3. The summed E-state index contributed by atoms with van der Waals surface area (Å²) < 4.78 is 11.9. The number of benzene rings is 1. The molecular formula is C16H26BrNO2. The van der Waals surface area contributed by atoms with Crippen LogP contribution in [0.2, 0.25) is 0 Å². The standard InChI is InChI=1S/C16H26BrNO2/c1-7-16(3,4)15(18-8-2)11-9-14(20-6)12(17)10-13(11)19-5/h9-10,15,18H,7-8H2,1-6H3. The fraction of sp³-hybridized carbons (Fsp3) is 0.625. The lowest BCUT2D eigenvalue weighted by molar-refractivity contribution is 0.231. The number of hydrogen-bond acceptors (Lipinski definition) is 3. The summed E-state index contributed by atoms with van der Waals surface area (Å²) in [6.07, 6.45) is 1.08. The average molecular weight is 344 g/mol. The summed E-state index contributed by atoms with van der Waals surface area (Å²) in [4.78, 5) is 0. The van der Waals surface area contributed by atoms with Crippen molar-refractivity contribution in [3.63, 3.8) is 0 Å². The normalized spacial score (nSPS) is 13.2. The Morgan fingerprint density at radius 3 is 2.20 bits per heavy atom. The fourth-order valence-corrected chi connectivity index (χ4v) is 2.81. The molecule has 0 amide bonds. The SMILES string of the molecule is CCNC(c1cc(OC)c(Br)cc1OC)C(C)(C)CC. The first-order valence-corrected chi connectivity index (χ1v) is 7.85. The molecule has 1 atom stereocenters. The van der Waals surface area contributed by atoms with E-state index in [4.69, 9.17) is 9.47 Å². The highest BCUT2D eigenvalue weighted by Gasteiger charge is 2.31. The summed E-state index contributed by atoms with van der Waals surface area (Å²) in [5, 5.41) is 3.58. The van der Waals surface area contributed by atoms with E-state index >= 15 is 0 Å². The van der Waals surface area contributed by atoms with E-state index in [0.29, 0.717) is 0 Å². The molecule has 0 radical (unpaired) electrons. The summed E-state index contributed by atoms with van der Waals surface area (Å²) in [6, 6.07) is 4.26.